The van der Waals surface area contributed by atoms with Crippen molar-refractivity contribution in [2.75, 3.05) is 20.1 Å². The quantitative estimate of drug-likeness (QED) is 0.312. The standard InChI is InChI=1S/C28H45N3O3/c1-18(2)31(16-15-29-6)26(33)34-30-19(3)23-9-10-24-22-8-7-20-17-21(32)11-13-27(20,4)25(22)12-14-28(23,24)5/h17-18,22-25,29H,7-16H2,1-6H3/b30-19+/t22-,23+,24-,25-,27-,28+/m0/s1. The SMILES string of the molecule is CNCCN(C(=O)O/N=C(\C)[C@H]1CC[C@H]2[C@@H]3CCC4=CC(=O)CC[C@]4(C)[C@H]3CC[C@]12C)C(C)C. The molecule has 0 aromatic carbocycles. The lowest BCUT2D eigenvalue weighted by Crippen LogP contribution is -2.51. The fourth-order valence-electron chi connectivity index (χ4n) is 8.27. The van der Waals surface area contributed by atoms with E-state index in [1.54, 1.807) is 4.90 Å². The summed E-state index contributed by atoms with van der Waals surface area (Å²) in [6, 6.07) is 0.0710. The van der Waals surface area contributed by atoms with Gasteiger partial charge in [0.1, 0.15) is 0 Å². The van der Waals surface area contributed by atoms with Crippen LogP contribution in [-0.2, 0) is 9.63 Å². The highest BCUT2D eigenvalue weighted by Gasteiger charge is 2.59. The van der Waals surface area contributed by atoms with E-state index in [1.807, 2.05) is 27.0 Å². The molecule has 1 amide bonds. The van der Waals surface area contributed by atoms with E-state index in [-0.39, 0.29) is 23.0 Å². The maximum absolute atomic E-state index is 12.7. The van der Waals surface area contributed by atoms with Crippen LogP contribution in [0.2, 0.25) is 0 Å². The number of nitrogens with one attached hydrogen (secondary N) is 1. The Morgan fingerprint density at radius 2 is 1.94 bits per heavy atom. The van der Waals surface area contributed by atoms with Crippen molar-refractivity contribution in [2.24, 2.45) is 39.7 Å². The number of carbonyl (C=O) groups is 2. The number of fused-ring (bicyclic) bond motifs is 5. The maximum atomic E-state index is 12.7. The van der Waals surface area contributed by atoms with Gasteiger partial charge in [0.15, 0.2) is 5.78 Å². The Labute approximate surface area is 205 Å². The molecule has 34 heavy (non-hydrogen) atoms. The zero-order valence-corrected chi connectivity index (χ0v) is 22.2. The van der Waals surface area contributed by atoms with Crippen molar-refractivity contribution in [3.63, 3.8) is 0 Å². The van der Waals surface area contributed by atoms with Gasteiger partial charge in [-0.3, -0.25) is 9.63 Å². The summed E-state index contributed by atoms with van der Waals surface area (Å²) in [5, 5.41) is 7.50. The fraction of sp³-hybridized carbons (Fsp3) is 0.821. The smallest absolute Gasteiger partial charge is 0.318 e. The van der Waals surface area contributed by atoms with E-state index in [4.69, 9.17) is 4.84 Å². The molecule has 0 radical (unpaired) electrons. The van der Waals surface area contributed by atoms with Crippen LogP contribution < -0.4 is 5.32 Å². The first-order chi connectivity index (χ1) is 16.1. The molecule has 4 rings (SSSR count). The van der Waals surface area contributed by atoms with E-state index in [2.05, 4.69) is 31.2 Å². The second-order valence-corrected chi connectivity index (χ2v) is 12.1. The number of nitrogens with zero attached hydrogens (tertiary/aromatic N) is 2. The lowest BCUT2D eigenvalue weighted by molar-refractivity contribution is -0.117. The molecule has 3 saturated carbocycles. The number of carbonyl (C=O) groups excluding carboxylic acids is 2. The van der Waals surface area contributed by atoms with Gasteiger partial charge in [0, 0.05) is 31.5 Å². The molecule has 6 heteroatoms. The molecule has 0 heterocycles. The monoisotopic (exact) mass is 471 g/mol. The molecule has 0 saturated heterocycles. The summed E-state index contributed by atoms with van der Waals surface area (Å²) in [6.45, 7) is 12.3. The van der Waals surface area contributed by atoms with Gasteiger partial charge in [-0.2, -0.15) is 0 Å². The average molecular weight is 472 g/mol. The molecule has 0 spiro atoms. The lowest BCUT2D eigenvalue weighted by atomic mass is 9.46. The van der Waals surface area contributed by atoms with Gasteiger partial charge < -0.3 is 10.2 Å². The van der Waals surface area contributed by atoms with Gasteiger partial charge in [0.05, 0.1) is 5.71 Å². The molecular weight excluding hydrogens is 426 g/mol. The van der Waals surface area contributed by atoms with Gasteiger partial charge in [-0.15, -0.1) is 0 Å². The molecule has 0 aromatic rings. The van der Waals surface area contributed by atoms with Crippen LogP contribution in [0, 0.1) is 34.5 Å². The van der Waals surface area contributed by atoms with Gasteiger partial charge in [0.25, 0.3) is 0 Å². The summed E-state index contributed by atoms with van der Waals surface area (Å²) in [6.07, 6.45) is 10.5. The molecule has 190 valence electrons. The van der Waals surface area contributed by atoms with Gasteiger partial charge in [0.2, 0.25) is 0 Å². The number of likely N-dealkylation sites (N-methyl/N-ethyl adjacent to an activating group) is 1. The normalized spacial score (nSPS) is 37.6. The molecule has 1 N–H and O–H groups in total. The lowest BCUT2D eigenvalue weighted by Gasteiger charge is -2.58. The zero-order chi connectivity index (χ0) is 24.7. The number of ketones is 1. The van der Waals surface area contributed by atoms with Crippen LogP contribution in [0.1, 0.15) is 86.0 Å². The predicted octanol–water partition coefficient (Wildman–Crippen LogP) is 5.58. The first kappa shape index (κ1) is 25.4. The largest absolute Gasteiger partial charge is 0.436 e. The molecular formula is C28H45N3O3. The Morgan fingerprint density at radius 1 is 1.18 bits per heavy atom. The summed E-state index contributed by atoms with van der Waals surface area (Å²) in [4.78, 5) is 32.0. The van der Waals surface area contributed by atoms with Crippen LogP contribution in [0.4, 0.5) is 4.79 Å². The van der Waals surface area contributed by atoms with Crippen LogP contribution in [0.25, 0.3) is 0 Å². The Balaban J connectivity index is 1.47. The first-order valence-corrected chi connectivity index (χ1v) is 13.5. The Bertz CT molecular complexity index is 865. The fourth-order valence-corrected chi connectivity index (χ4v) is 8.27. The molecule has 0 bridgehead atoms. The molecule has 0 aromatic heterocycles. The number of hydrogen-bond donors (Lipinski definition) is 1. The van der Waals surface area contributed by atoms with Crippen LogP contribution in [0.15, 0.2) is 16.8 Å². The minimum Gasteiger partial charge on any atom is -0.318 e. The maximum Gasteiger partial charge on any atom is 0.436 e. The Morgan fingerprint density at radius 3 is 2.65 bits per heavy atom. The highest BCUT2D eigenvalue weighted by atomic mass is 16.7. The van der Waals surface area contributed by atoms with E-state index in [0.29, 0.717) is 36.5 Å². The number of rotatable bonds is 6. The minimum atomic E-state index is -0.362. The third kappa shape index (κ3) is 4.36. The number of allylic oxidation sites excluding steroid dienone is 1. The van der Waals surface area contributed by atoms with Gasteiger partial charge in [-0.25, -0.2) is 4.79 Å². The summed E-state index contributed by atoms with van der Waals surface area (Å²) < 4.78 is 0. The van der Waals surface area contributed by atoms with E-state index < -0.39 is 0 Å². The minimum absolute atomic E-state index is 0.0710. The zero-order valence-electron chi connectivity index (χ0n) is 22.2. The van der Waals surface area contributed by atoms with Crippen LogP contribution in [0.5, 0.6) is 0 Å². The second kappa shape index (κ2) is 9.75. The molecule has 4 aliphatic rings. The average Bonchev–Trinajstić information content (AvgIpc) is 3.15. The Hall–Kier alpha value is -1.69. The van der Waals surface area contributed by atoms with E-state index in [9.17, 15) is 9.59 Å². The van der Waals surface area contributed by atoms with Crippen molar-refractivity contribution >= 4 is 17.6 Å². The molecule has 0 aliphatic heterocycles. The van der Waals surface area contributed by atoms with Gasteiger partial charge >= 0.3 is 6.09 Å². The molecule has 6 atom stereocenters. The summed E-state index contributed by atoms with van der Waals surface area (Å²) in [7, 11) is 1.88. The van der Waals surface area contributed by atoms with Crippen molar-refractivity contribution in [3.05, 3.63) is 11.6 Å². The molecule has 3 fully saturated rings. The van der Waals surface area contributed by atoms with E-state index >= 15 is 0 Å². The third-order valence-corrected chi connectivity index (χ3v) is 10.2. The number of amides is 1. The van der Waals surface area contributed by atoms with Crippen molar-refractivity contribution in [1.29, 1.82) is 0 Å². The van der Waals surface area contributed by atoms with E-state index in [1.165, 1.54) is 31.3 Å². The highest BCUT2D eigenvalue weighted by Crippen LogP contribution is 2.66. The Kier molecular flexibility index (Phi) is 7.29. The van der Waals surface area contributed by atoms with Crippen molar-refractivity contribution < 1.29 is 14.4 Å². The molecule has 6 nitrogen and oxygen atoms in total. The second-order valence-electron chi connectivity index (χ2n) is 12.1. The molecule has 4 aliphatic carbocycles. The van der Waals surface area contributed by atoms with Crippen molar-refractivity contribution in [3.8, 4) is 0 Å². The third-order valence-electron chi connectivity index (χ3n) is 10.2. The van der Waals surface area contributed by atoms with Crippen LogP contribution in [0.3, 0.4) is 0 Å². The topological polar surface area (TPSA) is 71.0 Å². The first-order valence-electron chi connectivity index (χ1n) is 13.5. The predicted molar refractivity (Wildman–Crippen MR) is 136 cm³/mol. The number of hydrogen-bond acceptors (Lipinski definition) is 5. The summed E-state index contributed by atoms with van der Waals surface area (Å²) in [5.41, 5.74) is 2.83. The number of oxime groups is 1. The summed E-state index contributed by atoms with van der Waals surface area (Å²) >= 11 is 0. The highest BCUT2D eigenvalue weighted by molar-refractivity contribution is 5.91. The van der Waals surface area contributed by atoms with E-state index in [0.717, 1.165) is 37.4 Å². The summed E-state index contributed by atoms with van der Waals surface area (Å²) in [5.74, 6) is 2.81. The van der Waals surface area contributed by atoms with Gasteiger partial charge in [-0.1, -0.05) is 24.6 Å². The van der Waals surface area contributed by atoms with Crippen molar-refractivity contribution in [2.45, 2.75) is 92.0 Å². The molecule has 0 unspecified atom stereocenters. The van der Waals surface area contributed by atoms with Gasteiger partial charge in [-0.05, 0) is 107 Å². The van der Waals surface area contributed by atoms with Crippen LogP contribution >= 0.6 is 0 Å². The van der Waals surface area contributed by atoms with Crippen LogP contribution in [-0.4, -0.2) is 48.7 Å². The van der Waals surface area contributed by atoms with Crippen molar-refractivity contribution in [1.82, 2.24) is 10.2 Å².